The second-order valence-corrected chi connectivity index (χ2v) is 4.58. The molecule has 0 aromatic heterocycles. The Bertz CT molecular complexity index is 701. The number of nitro benzene ring substituents is 1. The van der Waals surface area contributed by atoms with Crippen LogP contribution in [-0.4, -0.2) is 24.1 Å². The number of nitro groups is 1. The lowest BCUT2D eigenvalue weighted by atomic mass is 10.2. The molecule has 1 unspecified atom stereocenters. The van der Waals surface area contributed by atoms with Crippen molar-refractivity contribution in [1.29, 1.82) is 0 Å². The Morgan fingerprint density at radius 2 is 1.83 bits per heavy atom. The normalized spacial score (nSPS) is 11.4. The average Bonchev–Trinajstić information content (AvgIpc) is 2.55. The fraction of sp³-hybridized carbons (Fsp3) is 0.188. The number of ether oxygens (including phenoxy) is 3. The van der Waals surface area contributed by atoms with E-state index >= 15 is 0 Å². The second kappa shape index (κ2) is 7.26. The monoisotopic (exact) mass is 317 g/mol. The molecular weight excluding hydrogens is 302 g/mol. The van der Waals surface area contributed by atoms with E-state index in [2.05, 4.69) is 0 Å². The van der Waals surface area contributed by atoms with Gasteiger partial charge in [-0.15, -0.1) is 0 Å². The molecule has 120 valence electrons. The van der Waals surface area contributed by atoms with Crippen LogP contribution in [0.2, 0.25) is 0 Å². The molecule has 0 radical (unpaired) electrons. The molecule has 0 saturated heterocycles. The Labute approximate surface area is 132 Å². The number of hydrogen-bond acceptors (Lipinski definition) is 6. The summed E-state index contributed by atoms with van der Waals surface area (Å²) in [5.41, 5.74) is -0.357. The Kier molecular flexibility index (Phi) is 5.14. The highest BCUT2D eigenvalue weighted by Crippen LogP contribution is 2.31. The number of carbonyl (C=O) groups is 1. The third-order valence-electron chi connectivity index (χ3n) is 2.96. The van der Waals surface area contributed by atoms with Crippen molar-refractivity contribution in [2.45, 2.75) is 13.0 Å². The molecule has 0 aliphatic carbocycles. The fourth-order valence-corrected chi connectivity index (χ4v) is 1.80. The number of esters is 1. The molecular formula is C16H15NO6. The van der Waals surface area contributed by atoms with Crippen LogP contribution in [0.5, 0.6) is 17.2 Å². The first-order chi connectivity index (χ1) is 11.0. The van der Waals surface area contributed by atoms with Crippen LogP contribution in [0.4, 0.5) is 5.69 Å². The van der Waals surface area contributed by atoms with E-state index in [0.717, 1.165) is 0 Å². The van der Waals surface area contributed by atoms with Crippen LogP contribution >= 0.6 is 0 Å². The number of methoxy groups -OCH3 is 1. The SMILES string of the molecule is COc1ccc(OC(=O)C(C)Oc2ccccc2)c([N+](=O)[O-])c1. The summed E-state index contributed by atoms with van der Waals surface area (Å²) in [5.74, 6) is -0.0994. The van der Waals surface area contributed by atoms with Gasteiger partial charge in [0.2, 0.25) is 5.75 Å². The van der Waals surface area contributed by atoms with Crippen molar-refractivity contribution in [3.05, 3.63) is 58.6 Å². The second-order valence-electron chi connectivity index (χ2n) is 4.58. The van der Waals surface area contributed by atoms with Crippen LogP contribution in [0.3, 0.4) is 0 Å². The van der Waals surface area contributed by atoms with Gasteiger partial charge in [-0.3, -0.25) is 10.1 Å². The number of hydrogen-bond donors (Lipinski definition) is 0. The molecule has 2 aromatic carbocycles. The van der Waals surface area contributed by atoms with Crippen LogP contribution in [0.25, 0.3) is 0 Å². The first-order valence-electron chi connectivity index (χ1n) is 6.77. The highest BCUT2D eigenvalue weighted by molar-refractivity contribution is 5.78. The Balaban J connectivity index is 2.12. The van der Waals surface area contributed by atoms with Gasteiger partial charge in [-0.25, -0.2) is 4.79 Å². The van der Waals surface area contributed by atoms with E-state index in [4.69, 9.17) is 14.2 Å². The lowest BCUT2D eigenvalue weighted by molar-refractivity contribution is -0.385. The Hall–Kier alpha value is -3.09. The highest BCUT2D eigenvalue weighted by atomic mass is 16.6. The highest BCUT2D eigenvalue weighted by Gasteiger charge is 2.23. The minimum Gasteiger partial charge on any atom is -0.496 e. The maximum absolute atomic E-state index is 12.0. The summed E-state index contributed by atoms with van der Waals surface area (Å²) in [6.07, 6.45) is -0.917. The summed E-state index contributed by atoms with van der Waals surface area (Å²) in [6, 6.07) is 12.7. The van der Waals surface area contributed by atoms with Crippen molar-refractivity contribution in [3.63, 3.8) is 0 Å². The van der Waals surface area contributed by atoms with Crippen molar-refractivity contribution in [1.82, 2.24) is 0 Å². The third kappa shape index (κ3) is 4.19. The zero-order chi connectivity index (χ0) is 16.8. The molecule has 7 heteroatoms. The molecule has 0 fully saturated rings. The van der Waals surface area contributed by atoms with Crippen LogP contribution in [0.15, 0.2) is 48.5 Å². The van der Waals surface area contributed by atoms with E-state index in [0.29, 0.717) is 11.5 Å². The zero-order valence-electron chi connectivity index (χ0n) is 12.6. The molecule has 0 aliphatic rings. The summed E-state index contributed by atoms with van der Waals surface area (Å²) in [6.45, 7) is 1.50. The largest absolute Gasteiger partial charge is 0.496 e. The molecule has 0 spiro atoms. The van der Waals surface area contributed by atoms with E-state index < -0.39 is 17.0 Å². The van der Waals surface area contributed by atoms with Gasteiger partial charge >= 0.3 is 11.7 Å². The minimum absolute atomic E-state index is 0.163. The topological polar surface area (TPSA) is 87.9 Å². The number of benzene rings is 2. The fourth-order valence-electron chi connectivity index (χ4n) is 1.80. The van der Waals surface area contributed by atoms with E-state index in [9.17, 15) is 14.9 Å². The predicted molar refractivity (Wildman–Crippen MR) is 81.8 cm³/mol. The smallest absolute Gasteiger partial charge is 0.352 e. The molecule has 0 bridgehead atoms. The molecule has 0 amide bonds. The van der Waals surface area contributed by atoms with E-state index in [1.807, 2.05) is 6.07 Å². The molecule has 0 N–H and O–H groups in total. The zero-order valence-corrected chi connectivity index (χ0v) is 12.6. The molecule has 0 saturated carbocycles. The standard InChI is InChI=1S/C16H15NO6/c1-11(22-12-6-4-3-5-7-12)16(18)23-15-9-8-13(21-2)10-14(15)17(19)20/h3-11H,1-2H3. The van der Waals surface area contributed by atoms with Crippen molar-refractivity contribution in [2.75, 3.05) is 7.11 Å². The number of carbonyl (C=O) groups excluding carboxylic acids is 1. The van der Waals surface area contributed by atoms with Gasteiger partial charge in [0.1, 0.15) is 11.5 Å². The summed E-state index contributed by atoms with van der Waals surface area (Å²) >= 11 is 0. The van der Waals surface area contributed by atoms with Gasteiger partial charge in [0.25, 0.3) is 0 Å². The molecule has 1 atom stereocenters. The third-order valence-corrected chi connectivity index (χ3v) is 2.96. The number of nitrogens with zero attached hydrogens (tertiary/aromatic N) is 1. The Morgan fingerprint density at radius 1 is 1.13 bits per heavy atom. The van der Waals surface area contributed by atoms with Crippen LogP contribution < -0.4 is 14.2 Å². The summed E-state index contributed by atoms with van der Waals surface area (Å²) < 4.78 is 15.4. The summed E-state index contributed by atoms with van der Waals surface area (Å²) in [5, 5.41) is 11.1. The maximum atomic E-state index is 12.0. The van der Waals surface area contributed by atoms with Crippen molar-refractivity contribution in [2.24, 2.45) is 0 Å². The first-order valence-corrected chi connectivity index (χ1v) is 6.77. The maximum Gasteiger partial charge on any atom is 0.352 e. The molecule has 2 rings (SSSR count). The van der Waals surface area contributed by atoms with Crippen molar-refractivity contribution >= 4 is 11.7 Å². The lowest BCUT2D eigenvalue weighted by Crippen LogP contribution is -2.28. The van der Waals surface area contributed by atoms with Crippen molar-refractivity contribution in [3.8, 4) is 17.2 Å². The van der Waals surface area contributed by atoms with Gasteiger partial charge in [0, 0.05) is 0 Å². The predicted octanol–water partition coefficient (Wildman–Crippen LogP) is 2.98. The lowest BCUT2D eigenvalue weighted by Gasteiger charge is -2.14. The Morgan fingerprint density at radius 3 is 2.43 bits per heavy atom. The summed E-state index contributed by atoms with van der Waals surface area (Å²) in [7, 11) is 1.39. The van der Waals surface area contributed by atoms with E-state index in [-0.39, 0.29) is 11.4 Å². The molecule has 7 nitrogen and oxygen atoms in total. The first kappa shape index (κ1) is 16.3. The van der Waals surface area contributed by atoms with Gasteiger partial charge in [-0.2, -0.15) is 0 Å². The van der Waals surface area contributed by atoms with Gasteiger partial charge in [0.15, 0.2) is 6.10 Å². The molecule has 0 heterocycles. The van der Waals surface area contributed by atoms with Gasteiger partial charge < -0.3 is 14.2 Å². The van der Waals surface area contributed by atoms with Gasteiger partial charge in [-0.05, 0) is 31.2 Å². The van der Waals surface area contributed by atoms with Gasteiger partial charge in [-0.1, -0.05) is 18.2 Å². The van der Waals surface area contributed by atoms with Crippen LogP contribution in [0, 0.1) is 10.1 Å². The number of para-hydroxylation sites is 1. The van der Waals surface area contributed by atoms with Gasteiger partial charge in [0.05, 0.1) is 18.1 Å². The average molecular weight is 317 g/mol. The minimum atomic E-state index is -0.917. The molecule has 2 aromatic rings. The molecule has 0 aliphatic heterocycles. The van der Waals surface area contributed by atoms with Crippen LogP contribution in [0.1, 0.15) is 6.92 Å². The van der Waals surface area contributed by atoms with E-state index in [1.165, 1.54) is 32.2 Å². The van der Waals surface area contributed by atoms with E-state index in [1.54, 1.807) is 24.3 Å². The number of rotatable bonds is 6. The van der Waals surface area contributed by atoms with Crippen molar-refractivity contribution < 1.29 is 23.9 Å². The van der Waals surface area contributed by atoms with Crippen LogP contribution in [-0.2, 0) is 4.79 Å². The summed E-state index contributed by atoms with van der Waals surface area (Å²) in [4.78, 5) is 22.5. The molecule has 23 heavy (non-hydrogen) atoms. The quantitative estimate of drug-likeness (QED) is 0.352.